The van der Waals surface area contributed by atoms with Crippen molar-refractivity contribution in [1.29, 1.82) is 0 Å². The summed E-state index contributed by atoms with van der Waals surface area (Å²) in [5, 5.41) is 11.7. The quantitative estimate of drug-likeness (QED) is 0.838. The summed E-state index contributed by atoms with van der Waals surface area (Å²) in [5.41, 5.74) is 1.38. The zero-order valence-electron chi connectivity index (χ0n) is 9.87. The Balaban J connectivity index is 1.99. The molecule has 0 unspecified atom stereocenters. The van der Waals surface area contributed by atoms with E-state index in [1.807, 2.05) is 4.57 Å². The summed E-state index contributed by atoms with van der Waals surface area (Å²) in [6.07, 6.45) is 5.46. The lowest BCUT2D eigenvalue weighted by atomic mass is 10.3. The van der Waals surface area contributed by atoms with Crippen LogP contribution in [0, 0.1) is 0 Å². The zero-order valence-corrected chi connectivity index (χ0v) is 9.87. The number of nitrogens with zero attached hydrogens (tertiary/aromatic N) is 4. The summed E-state index contributed by atoms with van der Waals surface area (Å²) in [7, 11) is 0. The second kappa shape index (κ2) is 3.94. The number of rotatable bonds is 4. The molecule has 7 nitrogen and oxygen atoms in total. The summed E-state index contributed by atoms with van der Waals surface area (Å²) < 4.78 is 2.02. The molecule has 2 aromatic rings. The van der Waals surface area contributed by atoms with Gasteiger partial charge >= 0.3 is 5.97 Å². The van der Waals surface area contributed by atoms with Crippen LogP contribution in [0.2, 0.25) is 0 Å². The van der Waals surface area contributed by atoms with Crippen LogP contribution in [0.3, 0.4) is 0 Å². The predicted octanol–water partition coefficient (Wildman–Crippen LogP) is 1.05. The van der Waals surface area contributed by atoms with Crippen molar-refractivity contribution in [3.63, 3.8) is 0 Å². The number of carbonyl (C=O) groups is 1. The molecule has 0 amide bonds. The van der Waals surface area contributed by atoms with Crippen LogP contribution in [-0.2, 0) is 4.79 Å². The van der Waals surface area contributed by atoms with Gasteiger partial charge in [-0.1, -0.05) is 0 Å². The molecule has 2 heterocycles. The molecule has 0 radical (unpaired) electrons. The predicted molar refractivity (Wildman–Crippen MR) is 64.3 cm³/mol. The molecule has 1 aliphatic rings. The first-order valence-electron chi connectivity index (χ1n) is 5.83. The molecule has 0 spiro atoms. The van der Waals surface area contributed by atoms with E-state index in [-0.39, 0.29) is 0 Å². The highest BCUT2D eigenvalue weighted by Gasteiger charge is 2.26. The molecule has 2 aromatic heterocycles. The van der Waals surface area contributed by atoms with Gasteiger partial charge in [-0.3, -0.25) is 4.79 Å². The number of carboxylic acids is 1. The van der Waals surface area contributed by atoms with Crippen molar-refractivity contribution in [3.8, 4) is 0 Å². The molecule has 1 aliphatic carbocycles. The molecule has 1 saturated carbocycles. The summed E-state index contributed by atoms with van der Waals surface area (Å²) in [6, 6.07) is -0.233. The van der Waals surface area contributed by atoms with Crippen LogP contribution in [0.5, 0.6) is 0 Å². The van der Waals surface area contributed by atoms with Gasteiger partial charge in [0.05, 0.1) is 6.33 Å². The lowest BCUT2D eigenvalue weighted by Crippen LogP contribution is -2.26. The Bertz CT molecular complexity index is 604. The van der Waals surface area contributed by atoms with Crippen LogP contribution in [0.1, 0.15) is 25.8 Å². The molecule has 7 heteroatoms. The van der Waals surface area contributed by atoms with Crippen molar-refractivity contribution in [2.24, 2.45) is 0 Å². The minimum atomic E-state index is -0.927. The van der Waals surface area contributed by atoms with Crippen LogP contribution >= 0.6 is 0 Å². The first-order valence-corrected chi connectivity index (χ1v) is 5.83. The van der Waals surface area contributed by atoms with Crippen molar-refractivity contribution in [3.05, 3.63) is 12.7 Å². The SMILES string of the molecule is C[C@H](Nc1ncnc2c1ncn2C1CC1)C(=O)O. The third-order valence-corrected chi connectivity index (χ3v) is 3.02. The van der Waals surface area contributed by atoms with Gasteiger partial charge in [-0.2, -0.15) is 0 Å². The number of nitrogens with one attached hydrogen (secondary N) is 1. The van der Waals surface area contributed by atoms with Gasteiger partial charge in [0.25, 0.3) is 0 Å². The molecular weight excluding hydrogens is 234 g/mol. The van der Waals surface area contributed by atoms with E-state index in [1.54, 1.807) is 13.3 Å². The van der Waals surface area contributed by atoms with Gasteiger partial charge < -0.3 is 15.0 Å². The third kappa shape index (κ3) is 1.77. The van der Waals surface area contributed by atoms with Gasteiger partial charge in [-0.25, -0.2) is 15.0 Å². The molecule has 0 aliphatic heterocycles. The number of hydrogen-bond donors (Lipinski definition) is 2. The van der Waals surface area contributed by atoms with Gasteiger partial charge in [0.1, 0.15) is 17.9 Å². The average Bonchev–Trinajstić information content (AvgIpc) is 3.09. The van der Waals surface area contributed by atoms with E-state index in [0.717, 1.165) is 18.5 Å². The number of anilines is 1. The fraction of sp³-hybridized carbons (Fsp3) is 0.455. The second-order valence-electron chi connectivity index (χ2n) is 4.48. The first-order chi connectivity index (χ1) is 8.66. The van der Waals surface area contributed by atoms with Crippen molar-refractivity contribution in [1.82, 2.24) is 19.5 Å². The smallest absolute Gasteiger partial charge is 0.325 e. The average molecular weight is 247 g/mol. The van der Waals surface area contributed by atoms with Crippen LogP contribution < -0.4 is 5.32 Å². The van der Waals surface area contributed by atoms with Gasteiger partial charge in [-0.05, 0) is 19.8 Å². The highest BCUT2D eigenvalue weighted by Crippen LogP contribution is 2.37. The van der Waals surface area contributed by atoms with Crippen LogP contribution in [-0.4, -0.2) is 36.6 Å². The zero-order chi connectivity index (χ0) is 12.7. The molecular formula is C11H13N5O2. The summed E-state index contributed by atoms with van der Waals surface area (Å²) in [4.78, 5) is 23.4. The maximum atomic E-state index is 10.8. The maximum Gasteiger partial charge on any atom is 0.325 e. The summed E-state index contributed by atoms with van der Waals surface area (Å²) in [6.45, 7) is 1.56. The summed E-state index contributed by atoms with van der Waals surface area (Å²) >= 11 is 0. The molecule has 0 bridgehead atoms. The monoisotopic (exact) mass is 247 g/mol. The molecule has 94 valence electrons. The minimum absolute atomic E-state index is 0.467. The van der Waals surface area contributed by atoms with E-state index < -0.39 is 12.0 Å². The normalized spacial score (nSPS) is 16.7. The fourth-order valence-corrected chi connectivity index (χ4v) is 1.84. The second-order valence-corrected chi connectivity index (χ2v) is 4.48. The lowest BCUT2D eigenvalue weighted by molar-refractivity contribution is -0.137. The highest BCUT2D eigenvalue weighted by atomic mass is 16.4. The van der Waals surface area contributed by atoms with Crippen molar-refractivity contribution < 1.29 is 9.90 Å². The van der Waals surface area contributed by atoms with Crippen molar-refractivity contribution >= 4 is 23.0 Å². The Kier molecular flexibility index (Phi) is 2.39. The fourth-order valence-electron chi connectivity index (χ4n) is 1.84. The van der Waals surface area contributed by atoms with Crippen molar-refractivity contribution in [2.75, 3.05) is 5.32 Å². The van der Waals surface area contributed by atoms with Crippen LogP contribution in [0.4, 0.5) is 5.82 Å². The summed E-state index contributed by atoms with van der Waals surface area (Å²) in [5.74, 6) is -0.460. The number of aliphatic carboxylic acids is 1. The van der Waals surface area contributed by atoms with Crippen LogP contribution in [0.15, 0.2) is 12.7 Å². The third-order valence-electron chi connectivity index (χ3n) is 3.02. The topological polar surface area (TPSA) is 92.9 Å². The van der Waals surface area contributed by atoms with Gasteiger partial charge in [0.2, 0.25) is 0 Å². The van der Waals surface area contributed by atoms with Gasteiger partial charge in [0.15, 0.2) is 11.5 Å². The maximum absolute atomic E-state index is 10.8. The van der Waals surface area contributed by atoms with Crippen molar-refractivity contribution in [2.45, 2.75) is 31.8 Å². The lowest BCUT2D eigenvalue weighted by Gasteiger charge is -2.09. The Labute approximate surface area is 103 Å². The number of hydrogen-bond acceptors (Lipinski definition) is 5. The molecule has 0 saturated heterocycles. The molecule has 3 rings (SSSR count). The van der Waals surface area contributed by atoms with E-state index in [1.165, 1.54) is 6.33 Å². The highest BCUT2D eigenvalue weighted by molar-refractivity contribution is 5.85. The number of carboxylic acid groups (broad SMARTS) is 1. The van der Waals surface area contributed by atoms with E-state index >= 15 is 0 Å². The Morgan fingerprint density at radius 1 is 1.50 bits per heavy atom. The molecule has 1 atom stereocenters. The first kappa shape index (κ1) is 10.9. The molecule has 0 aromatic carbocycles. The number of aromatic nitrogens is 4. The molecule has 1 fully saturated rings. The largest absolute Gasteiger partial charge is 0.480 e. The van der Waals surface area contributed by atoms with Gasteiger partial charge in [0, 0.05) is 6.04 Å². The standard InChI is InChI=1S/C11H13N5O2/c1-6(11(17)18)15-9-8-10(13-4-12-9)16(5-14-8)7-2-3-7/h4-7H,2-3H2,1H3,(H,17,18)(H,12,13,15)/t6-/m0/s1. The Hall–Kier alpha value is -2.18. The van der Waals surface area contributed by atoms with Crippen LogP contribution in [0.25, 0.3) is 11.2 Å². The molecule has 18 heavy (non-hydrogen) atoms. The van der Waals surface area contributed by atoms with E-state index in [9.17, 15) is 4.79 Å². The van der Waals surface area contributed by atoms with E-state index in [4.69, 9.17) is 5.11 Å². The van der Waals surface area contributed by atoms with E-state index in [0.29, 0.717) is 17.4 Å². The van der Waals surface area contributed by atoms with E-state index in [2.05, 4.69) is 20.3 Å². The molecule has 2 N–H and O–H groups in total. The minimum Gasteiger partial charge on any atom is -0.480 e. The Morgan fingerprint density at radius 3 is 2.94 bits per heavy atom. The number of fused-ring (bicyclic) bond motifs is 1. The Morgan fingerprint density at radius 2 is 2.28 bits per heavy atom. The van der Waals surface area contributed by atoms with Gasteiger partial charge in [-0.15, -0.1) is 0 Å². The number of imidazole rings is 1.